The van der Waals surface area contributed by atoms with Gasteiger partial charge >= 0.3 is 5.97 Å². The van der Waals surface area contributed by atoms with Gasteiger partial charge in [-0.2, -0.15) is 0 Å². The number of aryl methyl sites for hydroxylation is 1. The number of carboxylic acid groups (broad SMARTS) is 1. The lowest BCUT2D eigenvalue weighted by Gasteiger charge is -2.17. The quantitative estimate of drug-likeness (QED) is 0.630. The van der Waals surface area contributed by atoms with E-state index in [1.54, 1.807) is 20.8 Å². The van der Waals surface area contributed by atoms with Crippen LogP contribution in [0.1, 0.15) is 29.8 Å². The molecular weight excluding hydrogens is 264 g/mol. The summed E-state index contributed by atoms with van der Waals surface area (Å²) in [5.74, 6) is -2.27. The summed E-state index contributed by atoms with van der Waals surface area (Å²) in [6, 6.07) is 3.02. The third-order valence-corrected chi connectivity index (χ3v) is 2.81. The Hall–Kier alpha value is -2.44. The molecule has 0 aromatic heterocycles. The number of amides is 1. The number of aliphatic carboxylic acids is 1. The zero-order valence-corrected chi connectivity index (χ0v) is 11.4. The Morgan fingerprint density at radius 2 is 1.95 bits per heavy atom. The number of carbonyl (C=O) groups excluding carboxylic acids is 1. The molecule has 1 unspecified atom stereocenters. The molecule has 1 amide bonds. The second-order valence-corrected chi connectivity index (χ2v) is 4.81. The molecule has 7 nitrogen and oxygen atoms in total. The molecule has 7 heteroatoms. The van der Waals surface area contributed by atoms with E-state index in [2.05, 4.69) is 5.32 Å². The van der Waals surface area contributed by atoms with Crippen molar-refractivity contribution in [2.24, 2.45) is 5.92 Å². The van der Waals surface area contributed by atoms with Crippen LogP contribution in [0.15, 0.2) is 18.2 Å². The molecule has 1 aromatic carbocycles. The van der Waals surface area contributed by atoms with Crippen molar-refractivity contribution in [3.05, 3.63) is 39.4 Å². The van der Waals surface area contributed by atoms with E-state index >= 15 is 0 Å². The number of nitro groups is 1. The number of benzene rings is 1. The number of carbonyl (C=O) groups is 2. The van der Waals surface area contributed by atoms with E-state index < -0.39 is 22.8 Å². The normalized spacial score (nSPS) is 12.0. The summed E-state index contributed by atoms with van der Waals surface area (Å²) in [6.45, 7) is 4.98. The van der Waals surface area contributed by atoms with E-state index in [0.29, 0.717) is 5.56 Å². The van der Waals surface area contributed by atoms with Gasteiger partial charge in [-0.1, -0.05) is 19.9 Å². The largest absolute Gasteiger partial charge is 0.480 e. The molecule has 2 N–H and O–H groups in total. The summed E-state index contributed by atoms with van der Waals surface area (Å²) in [4.78, 5) is 33.3. The molecule has 0 heterocycles. The molecule has 1 atom stereocenters. The topological polar surface area (TPSA) is 110 Å². The molecule has 0 saturated heterocycles. The minimum atomic E-state index is -1.18. The number of nitrogens with one attached hydrogen (secondary N) is 1. The maximum atomic E-state index is 12.1. The zero-order valence-electron chi connectivity index (χ0n) is 11.4. The van der Waals surface area contributed by atoms with Crippen molar-refractivity contribution in [3.8, 4) is 0 Å². The molecule has 0 aliphatic rings. The predicted molar refractivity (Wildman–Crippen MR) is 71.6 cm³/mol. The van der Waals surface area contributed by atoms with Crippen molar-refractivity contribution in [1.29, 1.82) is 0 Å². The average molecular weight is 280 g/mol. The van der Waals surface area contributed by atoms with Crippen molar-refractivity contribution >= 4 is 17.6 Å². The fourth-order valence-electron chi connectivity index (χ4n) is 1.72. The molecule has 20 heavy (non-hydrogen) atoms. The monoisotopic (exact) mass is 280 g/mol. The smallest absolute Gasteiger partial charge is 0.326 e. The molecule has 0 radical (unpaired) electrons. The number of carboxylic acids is 1. The Bertz CT molecular complexity index is 554. The van der Waals surface area contributed by atoms with Crippen LogP contribution < -0.4 is 5.32 Å². The lowest BCUT2D eigenvalue weighted by Crippen LogP contribution is -2.44. The molecule has 108 valence electrons. The molecular formula is C13H16N2O5. The van der Waals surface area contributed by atoms with Crippen LogP contribution in [0.2, 0.25) is 0 Å². The maximum absolute atomic E-state index is 12.1. The van der Waals surface area contributed by atoms with Crippen LogP contribution in [0.25, 0.3) is 0 Å². The van der Waals surface area contributed by atoms with Crippen molar-refractivity contribution in [3.63, 3.8) is 0 Å². The van der Waals surface area contributed by atoms with Gasteiger partial charge in [0.1, 0.15) is 11.6 Å². The standard InChI is InChI=1S/C13H16N2O5/c1-7(2)11(13(17)18)14-12(16)9-6-8(3)4-5-10(9)15(19)20/h4-7,11H,1-3H3,(H,14,16)(H,17,18). The van der Waals surface area contributed by atoms with Gasteiger partial charge in [-0.05, 0) is 24.5 Å². The van der Waals surface area contributed by atoms with Crippen molar-refractivity contribution in [2.75, 3.05) is 0 Å². The van der Waals surface area contributed by atoms with Gasteiger partial charge in [-0.3, -0.25) is 14.9 Å². The summed E-state index contributed by atoms with van der Waals surface area (Å²) in [7, 11) is 0. The Balaban J connectivity index is 3.11. The van der Waals surface area contributed by atoms with Gasteiger partial charge in [0.25, 0.3) is 11.6 Å². The van der Waals surface area contributed by atoms with Gasteiger partial charge < -0.3 is 10.4 Å². The Morgan fingerprint density at radius 1 is 1.35 bits per heavy atom. The SMILES string of the molecule is Cc1ccc([N+](=O)[O-])c(C(=O)NC(C(=O)O)C(C)C)c1. The van der Waals surface area contributed by atoms with Crippen LogP contribution in [0, 0.1) is 23.0 Å². The van der Waals surface area contributed by atoms with Crippen molar-refractivity contribution in [2.45, 2.75) is 26.8 Å². The lowest BCUT2D eigenvalue weighted by atomic mass is 10.0. The van der Waals surface area contributed by atoms with Crippen LogP contribution >= 0.6 is 0 Å². The second-order valence-electron chi connectivity index (χ2n) is 4.81. The highest BCUT2D eigenvalue weighted by Crippen LogP contribution is 2.20. The van der Waals surface area contributed by atoms with Gasteiger partial charge in [-0.15, -0.1) is 0 Å². The highest BCUT2D eigenvalue weighted by atomic mass is 16.6. The zero-order chi connectivity index (χ0) is 15.4. The summed E-state index contributed by atoms with van der Waals surface area (Å²) in [5.41, 5.74) is 0.195. The van der Waals surface area contributed by atoms with Crippen LogP contribution in [0.3, 0.4) is 0 Å². The van der Waals surface area contributed by atoms with Crippen molar-refractivity contribution < 1.29 is 19.6 Å². The molecule has 0 saturated carbocycles. The fourth-order valence-corrected chi connectivity index (χ4v) is 1.72. The second kappa shape index (κ2) is 6.14. The molecule has 0 aliphatic heterocycles. The van der Waals surface area contributed by atoms with Gasteiger partial charge in [0.15, 0.2) is 0 Å². The highest BCUT2D eigenvalue weighted by molar-refractivity contribution is 6.00. The summed E-state index contributed by atoms with van der Waals surface area (Å²) in [5, 5.41) is 22.2. The summed E-state index contributed by atoms with van der Waals surface area (Å²) in [6.07, 6.45) is 0. The van der Waals surface area contributed by atoms with E-state index in [0.717, 1.165) is 0 Å². The molecule has 0 aliphatic carbocycles. The molecule has 1 aromatic rings. The van der Waals surface area contributed by atoms with Crippen LogP contribution in [-0.2, 0) is 4.79 Å². The van der Waals surface area contributed by atoms with Gasteiger partial charge in [0.05, 0.1) is 4.92 Å². The molecule has 0 bridgehead atoms. The van der Waals surface area contributed by atoms with Gasteiger partial charge in [-0.25, -0.2) is 4.79 Å². The third kappa shape index (κ3) is 3.53. The Labute approximate surface area is 115 Å². The van der Waals surface area contributed by atoms with Crippen LogP contribution in [0.5, 0.6) is 0 Å². The fraction of sp³-hybridized carbons (Fsp3) is 0.385. The lowest BCUT2D eigenvalue weighted by molar-refractivity contribution is -0.385. The van der Waals surface area contributed by atoms with Crippen molar-refractivity contribution in [1.82, 2.24) is 5.32 Å². The summed E-state index contributed by atoms with van der Waals surface area (Å²) >= 11 is 0. The van der Waals surface area contributed by atoms with E-state index in [-0.39, 0.29) is 17.2 Å². The number of nitro benzene ring substituents is 1. The van der Waals surface area contributed by atoms with E-state index in [4.69, 9.17) is 5.11 Å². The minimum Gasteiger partial charge on any atom is -0.480 e. The van der Waals surface area contributed by atoms with Gasteiger partial charge in [0, 0.05) is 6.07 Å². The first-order valence-corrected chi connectivity index (χ1v) is 6.02. The maximum Gasteiger partial charge on any atom is 0.326 e. The third-order valence-electron chi connectivity index (χ3n) is 2.81. The highest BCUT2D eigenvalue weighted by Gasteiger charge is 2.27. The minimum absolute atomic E-state index is 0.137. The van der Waals surface area contributed by atoms with Crippen LogP contribution in [0.4, 0.5) is 5.69 Å². The Morgan fingerprint density at radius 3 is 2.40 bits per heavy atom. The molecule has 1 rings (SSSR count). The predicted octanol–water partition coefficient (Wildman–Crippen LogP) is 1.74. The average Bonchev–Trinajstić information content (AvgIpc) is 2.34. The van der Waals surface area contributed by atoms with E-state index in [1.165, 1.54) is 18.2 Å². The van der Waals surface area contributed by atoms with Gasteiger partial charge in [0.2, 0.25) is 0 Å². The number of hydrogen-bond donors (Lipinski definition) is 2. The first-order chi connectivity index (χ1) is 9.23. The van der Waals surface area contributed by atoms with E-state index in [9.17, 15) is 19.7 Å². The number of hydrogen-bond acceptors (Lipinski definition) is 4. The number of rotatable bonds is 5. The first kappa shape index (κ1) is 15.6. The van der Waals surface area contributed by atoms with Crippen LogP contribution in [-0.4, -0.2) is 27.9 Å². The van der Waals surface area contributed by atoms with E-state index in [1.807, 2.05) is 0 Å². The first-order valence-electron chi connectivity index (χ1n) is 6.02. The molecule has 0 fully saturated rings. The molecule has 0 spiro atoms. The number of nitrogens with zero attached hydrogens (tertiary/aromatic N) is 1. The summed E-state index contributed by atoms with van der Waals surface area (Å²) < 4.78 is 0. The Kier molecular flexibility index (Phi) is 4.79.